The Bertz CT molecular complexity index is 604. The van der Waals surface area contributed by atoms with Gasteiger partial charge in [0, 0.05) is 11.5 Å². The van der Waals surface area contributed by atoms with Crippen molar-refractivity contribution in [3.8, 4) is 11.5 Å². The van der Waals surface area contributed by atoms with Gasteiger partial charge in [0.15, 0.2) is 0 Å². The molecule has 0 radical (unpaired) electrons. The molecule has 1 heterocycles. The van der Waals surface area contributed by atoms with E-state index in [1.54, 1.807) is 0 Å². The maximum Gasteiger partial charge on any atom is 0.135 e. The van der Waals surface area contributed by atoms with Crippen LogP contribution in [0.25, 0.3) is 0 Å². The van der Waals surface area contributed by atoms with Gasteiger partial charge < -0.3 is 4.74 Å². The zero-order valence-corrected chi connectivity index (χ0v) is 11.9. The number of fused-ring (bicyclic) bond motifs is 2. The number of rotatable bonds is 0. The van der Waals surface area contributed by atoms with E-state index in [0.29, 0.717) is 0 Å². The van der Waals surface area contributed by atoms with E-state index in [9.17, 15) is 0 Å². The molecule has 1 aliphatic heterocycles. The summed E-state index contributed by atoms with van der Waals surface area (Å²) < 4.78 is 6.10. The summed E-state index contributed by atoms with van der Waals surface area (Å²) in [5, 5.41) is 1.39. The second kappa shape index (κ2) is 4.40. The maximum atomic E-state index is 6.10. The van der Waals surface area contributed by atoms with Crippen LogP contribution in [-0.2, 0) is 6.16 Å². The van der Waals surface area contributed by atoms with Crippen LogP contribution in [0.15, 0.2) is 36.4 Å². The standard InChI is InChI=1S/C16H17OP/c1-11-4-6-14-13(8-11)10-18(3)16-9-12(2)5-7-15(16)17-14/h4-9H,10H2,1-3H3. The van der Waals surface area contributed by atoms with E-state index in [0.717, 1.165) is 17.7 Å². The summed E-state index contributed by atoms with van der Waals surface area (Å²) >= 11 is 0. The monoisotopic (exact) mass is 256 g/mol. The molecule has 0 bridgehead atoms. The van der Waals surface area contributed by atoms with E-state index in [2.05, 4.69) is 56.9 Å². The van der Waals surface area contributed by atoms with Crippen LogP contribution in [0.3, 0.4) is 0 Å². The van der Waals surface area contributed by atoms with Gasteiger partial charge in [-0.25, -0.2) is 0 Å². The summed E-state index contributed by atoms with van der Waals surface area (Å²) in [4.78, 5) is 0. The van der Waals surface area contributed by atoms with Crippen molar-refractivity contribution in [1.82, 2.24) is 0 Å². The summed E-state index contributed by atoms with van der Waals surface area (Å²) in [5.41, 5.74) is 3.97. The third-order valence-electron chi connectivity index (χ3n) is 3.37. The molecule has 0 N–H and O–H groups in total. The van der Waals surface area contributed by atoms with E-state index in [1.165, 1.54) is 22.0 Å². The highest BCUT2D eigenvalue weighted by atomic mass is 31.1. The van der Waals surface area contributed by atoms with Gasteiger partial charge in [0.05, 0.1) is 0 Å². The minimum absolute atomic E-state index is 0.174. The summed E-state index contributed by atoms with van der Waals surface area (Å²) in [6.45, 7) is 6.63. The molecule has 92 valence electrons. The topological polar surface area (TPSA) is 9.23 Å². The fraction of sp³-hybridized carbons (Fsp3) is 0.250. The maximum absolute atomic E-state index is 6.10. The molecule has 2 heteroatoms. The van der Waals surface area contributed by atoms with E-state index in [1.807, 2.05) is 0 Å². The summed E-state index contributed by atoms with van der Waals surface area (Å²) in [6.07, 6.45) is 1.11. The molecule has 1 unspecified atom stereocenters. The molecule has 1 aliphatic rings. The molecule has 1 atom stereocenters. The molecule has 2 aromatic carbocycles. The molecule has 0 saturated carbocycles. The van der Waals surface area contributed by atoms with Gasteiger partial charge in [-0.3, -0.25) is 0 Å². The highest BCUT2D eigenvalue weighted by Crippen LogP contribution is 2.45. The van der Waals surface area contributed by atoms with Gasteiger partial charge in [-0.15, -0.1) is 0 Å². The van der Waals surface area contributed by atoms with Crippen molar-refractivity contribution in [2.75, 3.05) is 6.66 Å². The number of aryl methyl sites for hydroxylation is 2. The average Bonchev–Trinajstić information content (AvgIpc) is 2.46. The fourth-order valence-corrected chi connectivity index (χ4v) is 4.25. The van der Waals surface area contributed by atoms with Gasteiger partial charge in [-0.05, 0) is 44.3 Å². The minimum Gasteiger partial charge on any atom is -0.456 e. The average molecular weight is 256 g/mol. The highest BCUT2D eigenvalue weighted by Gasteiger charge is 2.20. The first-order chi connectivity index (χ1) is 8.63. The Morgan fingerprint density at radius 2 is 1.61 bits per heavy atom. The van der Waals surface area contributed by atoms with Crippen LogP contribution in [0, 0.1) is 13.8 Å². The minimum atomic E-state index is -0.174. The molecule has 0 aliphatic carbocycles. The fourth-order valence-electron chi connectivity index (χ4n) is 2.40. The number of benzene rings is 2. The lowest BCUT2D eigenvalue weighted by atomic mass is 10.1. The van der Waals surface area contributed by atoms with Crippen molar-refractivity contribution in [3.05, 3.63) is 53.1 Å². The van der Waals surface area contributed by atoms with Gasteiger partial charge in [-0.1, -0.05) is 37.2 Å². The molecule has 0 spiro atoms. The van der Waals surface area contributed by atoms with Gasteiger partial charge in [0.1, 0.15) is 11.5 Å². The Kier molecular flexibility index (Phi) is 2.87. The molecule has 18 heavy (non-hydrogen) atoms. The zero-order valence-electron chi connectivity index (χ0n) is 11.0. The molecule has 0 amide bonds. The van der Waals surface area contributed by atoms with E-state index in [4.69, 9.17) is 4.74 Å². The van der Waals surface area contributed by atoms with Crippen molar-refractivity contribution in [1.29, 1.82) is 0 Å². The van der Waals surface area contributed by atoms with Crippen LogP contribution in [-0.4, -0.2) is 6.66 Å². The smallest absolute Gasteiger partial charge is 0.135 e. The van der Waals surface area contributed by atoms with Gasteiger partial charge in [-0.2, -0.15) is 0 Å². The predicted molar refractivity (Wildman–Crippen MR) is 78.6 cm³/mol. The first-order valence-electron chi connectivity index (χ1n) is 6.22. The van der Waals surface area contributed by atoms with Gasteiger partial charge >= 0.3 is 0 Å². The Morgan fingerprint density at radius 1 is 0.944 bits per heavy atom. The number of ether oxygens (including phenoxy) is 1. The Labute approximate surface area is 110 Å². The largest absolute Gasteiger partial charge is 0.456 e. The molecular formula is C16H17OP. The summed E-state index contributed by atoms with van der Waals surface area (Å²) in [5.74, 6) is 2.06. The molecule has 0 fully saturated rings. The molecule has 1 nitrogen and oxygen atoms in total. The quantitative estimate of drug-likeness (QED) is 0.637. The third kappa shape index (κ3) is 2.04. The number of hydrogen-bond donors (Lipinski definition) is 0. The third-order valence-corrected chi connectivity index (χ3v) is 5.36. The summed E-state index contributed by atoms with van der Waals surface area (Å²) in [6, 6.07) is 13.0. The van der Waals surface area contributed by atoms with Crippen molar-refractivity contribution >= 4 is 13.2 Å². The Balaban J connectivity index is 2.13. The zero-order chi connectivity index (χ0) is 12.7. The van der Waals surface area contributed by atoms with Crippen LogP contribution in [0.5, 0.6) is 11.5 Å². The molecule has 3 rings (SSSR count). The normalized spacial score (nSPS) is 17.4. The highest BCUT2D eigenvalue weighted by molar-refractivity contribution is 7.64. The Hall–Kier alpha value is -1.33. The molecule has 2 aromatic rings. The van der Waals surface area contributed by atoms with Crippen LogP contribution in [0.1, 0.15) is 16.7 Å². The van der Waals surface area contributed by atoms with Crippen molar-refractivity contribution in [3.63, 3.8) is 0 Å². The second-order valence-corrected chi connectivity index (χ2v) is 7.23. The van der Waals surface area contributed by atoms with Gasteiger partial charge in [0.25, 0.3) is 0 Å². The van der Waals surface area contributed by atoms with Crippen LogP contribution in [0.4, 0.5) is 0 Å². The lowest BCUT2D eigenvalue weighted by Gasteiger charge is -2.12. The molecule has 0 saturated heterocycles. The first kappa shape index (κ1) is 11.7. The summed E-state index contributed by atoms with van der Waals surface area (Å²) in [7, 11) is -0.174. The first-order valence-corrected chi connectivity index (χ1v) is 8.20. The van der Waals surface area contributed by atoms with Gasteiger partial charge in [0.2, 0.25) is 0 Å². The number of hydrogen-bond acceptors (Lipinski definition) is 1. The predicted octanol–water partition coefficient (Wildman–Crippen LogP) is 4.35. The van der Waals surface area contributed by atoms with Crippen molar-refractivity contribution < 1.29 is 4.74 Å². The van der Waals surface area contributed by atoms with Crippen molar-refractivity contribution in [2.45, 2.75) is 20.0 Å². The van der Waals surface area contributed by atoms with Crippen LogP contribution in [0.2, 0.25) is 0 Å². The van der Waals surface area contributed by atoms with E-state index >= 15 is 0 Å². The Morgan fingerprint density at radius 3 is 2.39 bits per heavy atom. The van der Waals surface area contributed by atoms with E-state index in [-0.39, 0.29) is 7.92 Å². The lowest BCUT2D eigenvalue weighted by Crippen LogP contribution is -2.03. The van der Waals surface area contributed by atoms with E-state index < -0.39 is 0 Å². The SMILES string of the molecule is Cc1ccc2c(c1)CP(C)c1cc(C)ccc1O2. The van der Waals surface area contributed by atoms with Crippen LogP contribution >= 0.6 is 7.92 Å². The molecular weight excluding hydrogens is 239 g/mol. The van der Waals surface area contributed by atoms with Crippen molar-refractivity contribution in [2.24, 2.45) is 0 Å². The second-order valence-electron chi connectivity index (χ2n) is 5.04. The molecule has 0 aromatic heterocycles. The lowest BCUT2D eigenvalue weighted by molar-refractivity contribution is 0.483. The van der Waals surface area contributed by atoms with Crippen LogP contribution < -0.4 is 10.0 Å².